The highest BCUT2D eigenvalue weighted by molar-refractivity contribution is 6.33. The summed E-state index contributed by atoms with van der Waals surface area (Å²) in [4.78, 5) is 18.2. The molecule has 1 aromatic carbocycles. The number of aliphatic hydroxyl groups excluding tert-OH is 1. The van der Waals surface area contributed by atoms with Gasteiger partial charge in [0.1, 0.15) is 12.4 Å². The Labute approximate surface area is 228 Å². The van der Waals surface area contributed by atoms with E-state index in [-0.39, 0.29) is 12.0 Å². The Balaban J connectivity index is 1.43. The summed E-state index contributed by atoms with van der Waals surface area (Å²) >= 11 is 6.75. The molecule has 0 saturated carbocycles. The number of likely N-dealkylation sites (N-methyl/N-ethyl adjacent to an activating group) is 1. The van der Waals surface area contributed by atoms with E-state index in [9.17, 15) is 5.11 Å². The maximum atomic E-state index is 9.99. The molecule has 202 valence electrons. The molecule has 0 spiro atoms. The fourth-order valence-electron chi connectivity index (χ4n) is 4.89. The van der Waals surface area contributed by atoms with Crippen molar-refractivity contribution >= 4 is 28.9 Å². The third kappa shape index (κ3) is 5.71. The van der Waals surface area contributed by atoms with Crippen molar-refractivity contribution < 1.29 is 14.6 Å². The molecule has 10 heteroatoms. The standard InChI is InChI=1S/C28H35ClN6O3/c1-28(18-36)6-4-23-20(28)14-19(17-31-23)22-5-7-30-27(32-22)33-24-15-21(29)25(35-9-11-37-12-10-35)16-26(24)38-13-8-34(2)3/h5,7,14-17,36H,4,6,8-13,18H2,1-3H3,(H,30,32,33). The summed E-state index contributed by atoms with van der Waals surface area (Å²) in [5, 5.41) is 13.9. The Kier molecular flexibility index (Phi) is 7.99. The monoisotopic (exact) mass is 538 g/mol. The zero-order valence-electron chi connectivity index (χ0n) is 22.2. The number of halogens is 1. The molecule has 0 radical (unpaired) electrons. The predicted molar refractivity (Wildman–Crippen MR) is 150 cm³/mol. The van der Waals surface area contributed by atoms with Crippen molar-refractivity contribution in [3.05, 3.63) is 52.9 Å². The number of aryl methyl sites for hydroxylation is 1. The first-order chi connectivity index (χ1) is 18.4. The highest BCUT2D eigenvalue weighted by Crippen LogP contribution is 2.40. The maximum Gasteiger partial charge on any atom is 0.227 e. The third-order valence-electron chi connectivity index (χ3n) is 7.28. The van der Waals surface area contributed by atoms with E-state index in [1.165, 1.54) is 0 Å². The van der Waals surface area contributed by atoms with Gasteiger partial charge in [0.15, 0.2) is 0 Å². The third-order valence-corrected chi connectivity index (χ3v) is 7.58. The molecule has 1 unspecified atom stereocenters. The van der Waals surface area contributed by atoms with Crippen molar-refractivity contribution in [1.82, 2.24) is 19.9 Å². The summed E-state index contributed by atoms with van der Waals surface area (Å²) in [6.45, 7) is 6.37. The second-order valence-corrected chi connectivity index (χ2v) is 10.8. The Morgan fingerprint density at radius 1 is 1.21 bits per heavy atom. The molecular formula is C28H35ClN6O3. The average molecular weight is 539 g/mol. The zero-order chi connectivity index (χ0) is 26.7. The van der Waals surface area contributed by atoms with Crippen LogP contribution in [0.2, 0.25) is 5.02 Å². The van der Waals surface area contributed by atoms with Gasteiger partial charge in [-0.15, -0.1) is 0 Å². The summed E-state index contributed by atoms with van der Waals surface area (Å²) in [5.74, 6) is 1.12. The minimum absolute atomic E-state index is 0.0967. The molecule has 0 amide bonds. The van der Waals surface area contributed by atoms with Gasteiger partial charge in [-0.3, -0.25) is 4.98 Å². The molecule has 5 rings (SSSR count). The number of anilines is 3. The molecule has 1 saturated heterocycles. The lowest BCUT2D eigenvalue weighted by Crippen LogP contribution is -2.36. The molecule has 1 fully saturated rings. The SMILES string of the molecule is CN(C)CCOc1cc(N2CCOCC2)c(Cl)cc1Nc1nccc(-c2cnc3c(c2)C(C)(CO)CC3)n1. The van der Waals surface area contributed by atoms with E-state index in [1.807, 2.05) is 38.5 Å². The Morgan fingerprint density at radius 2 is 2.03 bits per heavy atom. The minimum Gasteiger partial charge on any atom is -0.490 e. The summed E-state index contributed by atoms with van der Waals surface area (Å²) < 4.78 is 11.7. The van der Waals surface area contributed by atoms with Crippen molar-refractivity contribution in [1.29, 1.82) is 0 Å². The number of pyridine rings is 1. The summed E-state index contributed by atoms with van der Waals surface area (Å²) in [6, 6.07) is 7.82. The van der Waals surface area contributed by atoms with Gasteiger partial charge in [-0.05, 0) is 50.7 Å². The van der Waals surface area contributed by atoms with Gasteiger partial charge in [0, 0.05) is 54.8 Å². The molecule has 0 bridgehead atoms. The number of hydrogen-bond acceptors (Lipinski definition) is 9. The molecule has 1 atom stereocenters. The summed E-state index contributed by atoms with van der Waals surface area (Å²) in [6.07, 6.45) is 5.34. The first-order valence-corrected chi connectivity index (χ1v) is 13.4. The molecule has 38 heavy (non-hydrogen) atoms. The molecule has 9 nitrogen and oxygen atoms in total. The van der Waals surface area contributed by atoms with Gasteiger partial charge in [-0.1, -0.05) is 18.5 Å². The number of hydrogen-bond donors (Lipinski definition) is 2. The second-order valence-electron chi connectivity index (χ2n) is 10.4. The number of rotatable bonds is 9. The van der Waals surface area contributed by atoms with E-state index < -0.39 is 0 Å². The number of nitrogens with one attached hydrogen (secondary N) is 1. The quantitative estimate of drug-likeness (QED) is 0.420. The Bertz CT molecular complexity index is 1280. The van der Waals surface area contributed by atoms with E-state index in [4.69, 9.17) is 26.1 Å². The van der Waals surface area contributed by atoms with Crippen LogP contribution in [-0.2, 0) is 16.6 Å². The molecule has 1 aliphatic heterocycles. The van der Waals surface area contributed by atoms with Gasteiger partial charge < -0.3 is 29.7 Å². The lowest BCUT2D eigenvalue weighted by atomic mass is 9.85. The van der Waals surface area contributed by atoms with Crippen molar-refractivity contribution in [2.45, 2.75) is 25.2 Å². The lowest BCUT2D eigenvalue weighted by Gasteiger charge is -2.30. The fraction of sp³-hybridized carbons (Fsp3) is 0.464. The van der Waals surface area contributed by atoms with Crippen molar-refractivity contribution in [2.75, 3.05) is 70.4 Å². The van der Waals surface area contributed by atoms with Crippen LogP contribution in [0.25, 0.3) is 11.3 Å². The van der Waals surface area contributed by atoms with E-state index in [0.29, 0.717) is 42.2 Å². The topological polar surface area (TPSA) is 95.9 Å². The van der Waals surface area contributed by atoms with Gasteiger partial charge in [0.25, 0.3) is 0 Å². The van der Waals surface area contributed by atoms with Crippen LogP contribution in [0.1, 0.15) is 24.6 Å². The van der Waals surface area contributed by atoms with Crippen LogP contribution in [0.4, 0.5) is 17.3 Å². The highest BCUT2D eigenvalue weighted by atomic mass is 35.5. The Hall–Kier alpha value is -2.98. The maximum absolute atomic E-state index is 9.99. The van der Waals surface area contributed by atoms with E-state index in [2.05, 4.69) is 38.1 Å². The smallest absolute Gasteiger partial charge is 0.227 e. The van der Waals surface area contributed by atoms with E-state index >= 15 is 0 Å². The molecule has 2 N–H and O–H groups in total. The van der Waals surface area contributed by atoms with Crippen LogP contribution >= 0.6 is 11.6 Å². The van der Waals surface area contributed by atoms with E-state index in [0.717, 1.165) is 60.7 Å². The molecule has 2 aromatic heterocycles. The van der Waals surface area contributed by atoms with Crippen LogP contribution in [0.3, 0.4) is 0 Å². The van der Waals surface area contributed by atoms with Gasteiger partial charge >= 0.3 is 0 Å². The number of benzene rings is 1. The molecule has 2 aliphatic rings. The summed E-state index contributed by atoms with van der Waals surface area (Å²) in [7, 11) is 4.03. The van der Waals surface area contributed by atoms with Crippen LogP contribution in [0.15, 0.2) is 36.7 Å². The van der Waals surface area contributed by atoms with Crippen molar-refractivity contribution in [2.24, 2.45) is 0 Å². The molecule has 3 heterocycles. The van der Waals surface area contributed by atoms with Gasteiger partial charge in [-0.25, -0.2) is 9.97 Å². The van der Waals surface area contributed by atoms with Crippen LogP contribution in [-0.4, -0.2) is 85.1 Å². The van der Waals surface area contributed by atoms with Crippen molar-refractivity contribution in [3.8, 4) is 17.0 Å². The van der Waals surface area contributed by atoms with Gasteiger partial charge in [0.2, 0.25) is 5.95 Å². The minimum atomic E-state index is -0.274. The highest BCUT2D eigenvalue weighted by Gasteiger charge is 2.35. The van der Waals surface area contributed by atoms with Crippen molar-refractivity contribution in [3.63, 3.8) is 0 Å². The lowest BCUT2D eigenvalue weighted by molar-refractivity contribution is 0.122. The van der Waals surface area contributed by atoms with Crippen LogP contribution in [0.5, 0.6) is 5.75 Å². The predicted octanol–water partition coefficient (Wildman–Crippen LogP) is 3.91. The number of ether oxygens (including phenoxy) is 2. The number of nitrogens with zero attached hydrogens (tertiary/aromatic N) is 5. The van der Waals surface area contributed by atoms with E-state index in [1.54, 1.807) is 6.20 Å². The largest absolute Gasteiger partial charge is 0.490 e. The molecular weight excluding hydrogens is 504 g/mol. The first-order valence-electron chi connectivity index (χ1n) is 13.0. The fourth-order valence-corrected chi connectivity index (χ4v) is 5.18. The zero-order valence-corrected chi connectivity index (χ0v) is 23.0. The molecule has 1 aliphatic carbocycles. The number of fused-ring (bicyclic) bond motifs is 1. The normalized spacial score (nSPS) is 19.1. The average Bonchev–Trinajstić information content (AvgIpc) is 3.26. The summed E-state index contributed by atoms with van der Waals surface area (Å²) in [5.41, 5.74) is 5.12. The van der Waals surface area contributed by atoms with Crippen LogP contribution < -0.4 is 15.0 Å². The second kappa shape index (κ2) is 11.4. The Morgan fingerprint density at radius 3 is 2.79 bits per heavy atom. The number of aliphatic hydroxyl groups is 1. The van der Waals surface area contributed by atoms with Crippen LogP contribution in [0, 0.1) is 0 Å². The molecule has 3 aromatic rings. The van der Waals surface area contributed by atoms with Gasteiger partial charge in [-0.2, -0.15) is 0 Å². The van der Waals surface area contributed by atoms with Gasteiger partial charge in [0.05, 0.1) is 41.9 Å². The first kappa shape index (κ1) is 26.6. The number of aromatic nitrogens is 3. The number of morpholine rings is 1.